The van der Waals surface area contributed by atoms with Crippen molar-refractivity contribution in [2.45, 2.75) is 360 Å². The van der Waals surface area contributed by atoms with Gasteiger partial charge in [0.1, 0.15) is 0 Å². The summed E-state index contributed by atoms with van der Waals surface area (Å²) in [7, 11) is 0. The predicted molar refractivity (Wildman–Crippen MR) is 306 cm³/mol. The maximum absolute atomic E-state index is 12.5. The van der Waals surface area contributed by atoms with Gasteiger partial charge in [-0.15, -0.1) is 0 Å². The number of esters is 1. The van der Waals surface area contributed by atoms with Gasteiger partial charge in [0.05, 0.1) is 25.4 Å². The molecule has 414 valence electrons. The molecule has 2 unspecified atom stereocenters. The molecular weight excluding hydrogens is 863 g/mol. The fourth-order valence-corrected chi connectivity index (χ4v) is 9.87. The number of hydrogen-bond donors (Lipinski definition) is 3. The molecule has 2 atom stereocenters. The molecule has 0 saturated carbocycles. The molecule has 0 rings (SSSR count). The van der Waals surface area contributed by atoms with Crippen molar-refractivity contribution in [2.75, 3.05) is 13.2 Å². The number of carbonyl (C=O) groups excluding carboxylic acids is 2. The lowest BCUT2D eigenvalue weighted by Gasteiger charge is -2.22. The van der Waals surface area contributed by atoms with Crippen molar-refractivity contribution in [1.29, 1.82) is 0 Å². The van der Waals surface area contributed by atoms with Crippen LogP contribution in [-0.4, -0.2) is 47.4 Å². The largest absolute Gasteiger partial charge is 0.466 e. The quantitative estimate of drug-likeness (QED) is 0.0321. The smallest absolute Gasteiger partial charge is 0.305 e. The summed E-state index contributed by atoms with van der Waals surface area (Å²) in [4.78, 5) is 24.6. The number of aliphatic hydroxyl groups is 2. The zero-order chi connectivity index (χ0) is 50.7. The Hall–Kier alpha value is -1.66. The molecule has 0 spiro atoms. The second-order valence-electron chi connectivity index (χ2n) is 21.7. The van der Waals surface area contributed by atoms with Gasteiger partial charge in [-0.05, 0) is 77.0 Å². The highest BCUT2D eigenvalue weighted by Gasteiger charge is 2.20. The number of aliphatic hydroxyl groups excluding tert-OH is 2. The first-order valence-corrected chi connectivity index (χ1v) is 31.6. The van der Waals surface area contributed by atoms with Gasteiger partial charge in [0, 0.05) is 12.8 Å². The highest BCUT2D eigenvalue weighted by molar-refractivity contribution is 5.76. The van der Waals surface area contributed by atoms with Crippen LogP contribution in [-0.2, 0) is 14.3 Å². The Morgan fingerprint density at radius 1 is 0.386 bits per heavy atom. The van der Waals surface area contributed by atoms with Crippen molar-refractivity contribution >= 4 is 11.9 Å². The first-order chi connectivity index (χ1) is 34.5. The average Bonchev–Trinajstić information content (AvgIpc) is 3.36. The predicted octanol–water partition coefficient (Wildman–Crippen LogP) is 19.8. The summed E-state index contributed by atoms with van der Waals surface area (Å²) in [5.74, 6) is -0.0456. The molecule has 6 heteroatoms. The normalized spacial score (nSPS) is 12.7. The molecular formula is C64H123NO5. The van der Waals surface area contributed by atoms with Gasteiger partial charge in [0.25, 0.3) is 0 Å². The summed E-state index contributed by atoms with van der Waals surface area (Å²) in [6.45, 7) is 4.95. The minimum atomic E-state index is -0.671. The highest BCUT2D eigenvalue weighted by Crippen LogP contribution is 2.18. The van der Waals surface area contributed by atoms with E-state index in [0.717, 1.165) is 44.9 Å². The fourth-order valence-electron chi connectivity index (χ4n) is 9.87. The molecule has 0 aromatic carbocycles. The van der Waals surface area contributed by atoms with Crippen LogP contribution in [0.1, 0.15) is 348 Å². The highest BCUT2D eigenvalue weighted by atomic mass is 16.5. The van der Waals surface area contributed by atoms with Gasteiger partial charge in [-0.25, -0.2) is 0 Å². The van der Waals surface area contributed by atoms with Crippen LogP contribution in [0.25, 0.3) is 0 Å². The van der Waals surface area contributed by atoms with Crippen LogP contribution in [0.4, 0.5) is 0 Å². The van der Waals surface area contributed by atoms with Gasteiger partial charge in [-0.3, -0.25) is 9.59 Å². The molecule has 0 saturated heterocycles. The second-order valence-corrected chi connectivity index (χ2v) is 21.7. The molecule has 0 radical (unpaired) electrons. The molecule has 70 heavy (non-hydrogen) atoms. The van der Waals surface area contributed by atoms with Gasteiger partial charge >= 0.3 is 5.97 Å². The third kappa shape index (κ3) is 55.7. The number of hydrogen-bond acceptors (Lipinski definition) is 5. The van der Waals surface area contributed by atoms with E-state index in [1.165, 1.54) is 270 Å². The van der Waals surface area contributed by atoms with Crippen molar-refractivity contribution < 1.29 is 24.5 Å². The Labute approximate surface area is 437 Å². The molecule has 6 nitrogen and oxygen atoms in total. The van der Waals surface area contributed by atoms with Gasteiger partial charge in [-0.2, -0.15) is 0 Å². The Balaban J connectivity index is 3.44. The lowest BCUT2D eigenvalue weighted by atomic mass is 10.0. The molecule has 3 N–H and O–H groups in total. The standard InChI is InChI=1S/C64H123NO5/c1-3-5-7-9-11-13-15-17-19-20-21-23-26-29-32-36-40-44-48-52-56-62(67)61(60-66)65-63(68)57-53-49-45-41-37-33-30-27-24-22-25-28-31-35-39-43-47-51-55-59-70-64(69)58-54-50-46-42-38-34-18-16-14-12-10-8-6-4-2/h16,18,22,24,61-62,66-67H,3-15,17,19-21,23,25-60H2,1-2H3,(H,65,68)/b18-16-,24-22-. The number of amides is 1. The van der Waals surface area contributed by atoms with Crippen molar-refractivity contribution in [1.82, 2.24) is 5.32 Å². The van der Waals surface area contributed by atoms with E-state index in [-0.39, 0.29) is 18.5 Å². The molecule has 0 aromatic heterocycles. The molecule has 0 fully saturated rings. The van der Waals surface area contributed by atoms with E-state index in [4.69, 9.17) is 4.74 Å². The van der Waals surface area contributed by atoms with Gasteiger partial charge < -0.3 is 20.3 Å². The summed E-state index contributed by atoms with van der Waals surface area (Å²) in [6, 6.07) is -0.549. The van der Waals surface area contributed by atoms with E-state index in [0.29, 0.717) is 25.9 Å². The number of ether oxygens (including phenoxy) is 1. The third-order valence-electron chi connectivity index (χ3n) is 14.7. The van der Waals surface area contributed by atoms with Crippen LogP contribution in [0.5, 0.6) is 0 Å². The van der Waals surface area contributed by atoms with Crippen LogP contribution < -0.4 is 5.32 Å². The first kappa shape index (κ1) is 68.3. The zero-order valence-corrected chi connectivity index (χ0v) is 47.3. The number of carbonyl (C=O) groups is 2. The Kier molecular flexibility index (Phi) is 58.5. The number of unbranched alkanes of at least 4 members (excludes halogenated alkanes) is 44. The van der Waals surface area contributed by atoms with Gasteiger partial charge in [0.15, 0.2) is 0 Å². The van der Waals surface area contributed by atoms with Crippen LogP contribution in [0, 0.1) is 0 Å². The first-order valence-electron chi connectivity index (χ1n) is 31.6. The SMILES string of the molecule is CCCCCCC/C=C\CCCCCCCC(=O)OCCCCCCCCCC/C=C\CCCCCCCCCC(=O)NC(CO)C(O)CCCCCCCCCCCCCCCCCCCCCC. The lowest BCUT2D eigenvalue weighted by molar-refractivity contribution is -0.143. The minimum absolute atomic E-state index is 0.00397. The topological polar surface area (TPSA) is 95.9 Å². The van der Waals surface area contributed by atoms with E-state index in [9.17, 15) is 19.8 Å². The van der Waals surface area contributed by atoms with Crippen molar-refractivity contribution in [3.05, 3.63) is 24.3 Å². The lowest BCUT2D eigenvalue weighted by Crippen LogP contribution is -2.45. The summed E-state index contributed by atoms with van der Waals surface area (Å²) in [6.07, 6.45) is 73.3. The summed E-state index contributed by atoms with van der Waals surface area (Å²) >= 11 is 0. The molecule has 0 aliphatic heterocycles. The number of nitrogens with one attached hydrogen (secondary N) is 1. The number of rotatable bonds is 59. The summed E-state index contributed by atoms with van der Waals surface area (Å²) in [5.41, 5.74) is 0. The Morgan fingerprint density at radius 2 is 0.671 bits per heavy atom. The van der Waals surface area contributed by atoms with E-state index < -0.39 is 12.1 Å². The average molecular weight is 987 g/mol. The van der Waals surface area contributed by atoms with Gasteiger partial charge in [-0.1, -0.05) is 282 Å². The molecule has 1 amide bonds. The fraction of sp³-hybridized carbons (Fsp3) is 0.906. The summed E-state index contributed by atoms with van der Waals surface area (Å²) < 4.78 is 5.47. The third-order valence-corrected chi connectivity index (χ3v) is 14.7. The van der Waals surface area contributed by atoms with Crippen LogP contribution in [0.3, 0.4) is 0 Å². The summed E-state index contributed by atoms with van der Waals surface area (Å²) in [5, 5.41) is 23.4. The Morgan fingerprint density at radius 3 is 1.01 bits per heavy atom. The van der Waals surface area contributed by atoms with E-state index >= 15 is 0 Å². The van der Waals surface area contributed by atoms with Crippen molar-refractivity contribution in [3.63, 3.8) is 0 Å². The van der Waals surface area contributed by atoms with Crippen molar-refractivity contribution in [2.24, 2.45) is 0 Å². The second kappa shape index (κ2) is 59.9. The van der Waals surface area contributed by atoms with Gasteiger partial charge in [0.2, 0.25) is 5.91 Å². The maximum atomic E-state index is 12.5. The monoisotopic (exact) mass is 986 g/mol. The molecule has 0 aliphatic carbocycles. The van der Waals surface area contributed by atoms with Crippen LogP contribution in [0.2, 0.25) is 0 Å². The minimum Gasteiger partial charge on any atom is -0.466 e. The van der Waals surface area contributed by atoms with E-state index in [1.807, 2.05) is 0 Å². The van der Waals surface area contributed by atoms with Crippen molar-refractivity contribution in [3.8, 4) is 0 Å². The van der Waals surface area contributed by atoms with E-state index in [1.54, 1.807) is 0 Å². The molecule has 0 heterocycles. The number of allylic oxidation sites excluding steroid dienone is 4. The molecule has 0 bridgehead atoms. The van der Waals surface area contributed by atoms with Crippen LogP contribution >= 0.6 is 0 Å². The van der Waals surface area contributed by atoms with Crippen LogP contribution in [0.15, 0.2) is 24.3 Å². The zero-order valence-electron chi connectivity index (χ0n) is 47.3. The maximum Gasteiger partial charge on any atom is 0.305 e. The molecule has 0 aromatic rings. The van der Waals surface area contributed by atoms with E-state index in [2.05, 4.69) is 43.5 Å². The molecule has 0 aliphatic rings. The Bertz CT molecular complexity index is 1090.